The zero-order valence-corrected chi connectivity index (χ0v) is 10.3. The van der Waals surface area contributed by atoms with Crippen LogP contribution in [-0.4, -0.2) is 36.4 Å². The molecule has 1 aromatic heterocycles. The van der Waals surface area contributed by atoms with Crippen molar-refractivity contribution in [2.45, 2.75) is 6.54 Å². The summed E-state index contributed by atoms with van der Waals surface area (Å²) in [6.45, 7) is 2.37. The van der Waals surface area contributed by atoms with Crippen molar-refractivity contribution in [1.82, 2.24) is 9.55 Å². The quantitative estimate of drug-likeness (QED) is 0.758. The highest BCUT2D eigenvalue weighted by molar-refractivity contribution is 5.78. The largest absolute Gasteiger partial charge is 0.383 e. The summed E-state index contributed by atoms with van der Waals surface area (Å²) >= 11 is 0. The third-order valence-electron chi connectivity index (χ3n) is 2.65. The van der Waals surface area contributed by atoms with E-state index in [4.69, 9.17) is 10.5 Å². The molecule has 2 aromatic rings. The van der Waals surface area contributed by atoms with Crippen molar-refractivity contribution in [2.24, 2.45) is 5.73 Å². The van der Waals surface area contributed by atoms with Crippen molar-refractivity contribution in [2.75, 3.05) is 32.1 Å². The molecule has 18 heavy (non-hydrogen) atoms. The van der Waals surface area contributed by atoms with E-state index >= 15 is 0 Å². The van der Waals surface area contributed by atoms with E-state index in [2.05, 4.69) is 10.3 Å². The topological polar surface area (TPSA) is 65.1 Å². The van der Waals surface area contributed by atoms with Crippen LogP contribution >= 0.6 is 0 Å². The molecule has 1 aromatic carbocycles. The molecule has 0 atom stereocenters. The lowest BCUT2D eigenvalue weighted by atomic mass is 10.3. The van der Waals surface area contributed by atoms with Gasteiger partial charge in [0.05, 0.1) is 17.6 Å². The van der Waals surface area contributed by atoms with Crippen LogP contribution in [0.3, 0.4) is 0 Å². The molecule has 0 aliphatic heterocycles. The number of methoxy groups -OCH3 is 1. The van der Waals surface area contributed by atoms with Crippen LogP contribution in [-0.2, 0) is 11.3 Å². The number of nitrogens with zero attached hydrogens (tertiary/aromatic N) is 2. The molecule has 98 valence electrons. The van der Waals surface area contributed by atoms with Gasteiger partial charge in [-0.1, -0.05) is 0 Å². The number of ether oxygens (including phenoxy) is 1. The lowest BCUT2D eigenvalue weighted by Crippen LogP contribution is -2.16. The number of hydrogen-bond acceptors (Lipinski definition) is 4. The average molecular weight is 252 g/mol. The molecule has 0 aliphatic carbocycles. The molecule has 1 heterocycles. The van der Waals surface area contributed by atoms with Gasteiger partial charge in [0.15, 0.2) is 0 Å². The van der Waals surface area contributed by atoms with Gasteiger partial charge in [0.25, 0.3) is 0 Å². The van der Waals surface area contributed by atoms with Crippen LogP contribution in [0.2, 0.25) is 0 Å². The number of aromatic nitrogens is 2. The molecule has 2 rings (SSSR count). The van der Waals surface area contributed by atoms with Crippen LogP contribution in [0.15, 0.2) is 18.2 Å². The minimum absolute atomic E-state index is 0.289. The van der Waals surface area contributed by atoms with Gasteiger partial charge in [-0.05, 0) is 12.1 Å². The van der Waals surface area contributed by atoms with Crippen LogP contribution < -0.4 is 11.1 Å². The molecular formula is C12H17FN4O. The summed E-state index contributed by atoms with van der Waals surface area (Å²) in [5, 5.41) is 3.16. The van der Waals surface area contributed by atoms with Crippen molar-refractivity contribution in [3.05, 3.63) is 24.0 Å². The Bertz CT molecular complexity index is 526. The minimum Gasteiger partial charge on any atom is -0.383 e. The van der Waals surface area contributed by atoms with E-state index in [1.807, 2.05) is 4.57 Å². The molecule has 0 fully saturated rings. The van der Waals surface area contributed by atoms with Crippen LogP contribution in [0, 0.1) is 5.82 Å². The first-order chi connectivity index (χ1) is 8.76. The Morgan fingerprint density at radius 2 is 2.33 bits per heavy atom. The van der Waals surface area contributed by atoms with Crippen molar-refractivity contribution in [3.8, 4) is 0 Å². The third kappa shape index (κ3) is 2.60. The fourth-order valence-electron chi connectivity index (χ4n) is 1.86. The molecule has 0 aliphatic rings. The molecule has 0 saturated heterocycles. The minimum atomic E-state index is -0.289. The first kappa shape index (κ1) is 12.8. The smallest absolute Gasteiger partial charge is 0.204 e. The van der Waals surface area contributed by atoms with E-state index in [0.717, 1.165) is 5.52 Å². The highest BCUT2D eigenvalue weighted by Crippen LogP contribution is 2.20. The second-order valence-corrected chi connectivity index (χ2v) is 3.93. The van der Waals surface area contributed by atoms with Gasteiger partial charge >= 0.3 is 0 Å². The number of nitrogens with one attached hydrogen (secondary N) is 1. The van der Waals surface area contributed by atoms with Gasteiger partial charge in [-0.25, -0.2) is 9.37 Å². The average Bonchev–Trinajstić information content (AvgIpc) is 2.68. The maximum atomic E-state index is 13.2. The summed E-state index contributed by atoms with van der Waals surface area (Å²) in [6, 6.07) is 4.56. The van der Waals surface area contributed by atoms with Gasteiger partial charge in [0.1, 0.15) is 5.82 Å². The molecule has 3 N–H and O–H groups in total. The molecule has 0 saturated carbocycles. The molecular weight excluding hydrogens is 235 g/mol. The van der Waals surface area contributed by atoms with Crippen LogP contribution in [0.5, 0.6) is 0 Å². The molecule has 0 bridgehead atoms. The summed E-state index contributed by atoms with van der Waals surface area (Å²) in [5.74, 6) is 0.404. The van der Waals surface area contributed by atoms with E-state index in [1.165, 1.54) is 12.1 Å². The maximum absolute atomic E-state index is 13.2. The Morgan fingerprint density at radius 3 is 3.06 bits per heavy atom. The summed E-state index contributed by atoms with van der Waals surface area (Å²) in [7, 11) is 1.64. The predicted molar refractivity (Wildman–Crippen MR) is 69.1 cm³/mol. The normalized spacial score (nSPS) is 11.1. The van der Waals surface area contributed by atoms with Crippen LogP contribution in [0.1, 0.15) is 0 Å². The molecule has 0 spiro atoms. The Kier molecular flexibility index (Phi) is 4.11. The molecule has 5 nitrogen and oxygen atoms in total. The lowest BCUT2D eigenvalue weighted by molar-refractivity contribution is 0.210. The Morgan fingerprint density at radius 1 is 1.50 bits per heavy atom. The van der Waals surface area contributed by atoms with E-state index in [0.29, 0.717) is 37.7 Å². The predicted octanol–water partition coefficient (Wildman–Crippen LogP) is 1.19. The molecule has 0 unspecified atom stereocenters. The summed E-state index contributed by atoms with van der Waals surface area (Å²) in [6.07, 6.45) is 0. The molecule has 0 amide bonds. The molecule has 0 radical (unpaired) electrons. The van der Waals surface area contributed by atoms with Gasteiger partial charge in [-0.2, -0.15) is 0 Å². The van der Waals surface area contributed by atoms with Crippen molar-refractivity contribution < 1.29 is 9.13 Å². The van der Waals surface area contributed by atoms with Crippen molar-refractivity contribution in [3.63, 3.8) is 0 Å². The summed E-state index contributed by atoms with van der Waals surface area (Å²) in [5.41, 5.74) is 7.09. The number of halogens is 1. The monoisotopic (exact) mass is 252 g/mol. The van der Waals surface area contributed by atoms with Gasteiger partial charge in [-0.15, -0.1) is 0 Å². The number of imidazole rings is 1. The summed E-state index contributed by atoms with van der Waals surface area (Å²) < 4.78 is 20.1. The van der Waals surface area contributed by atoms with E-state index in [1.54, 1.807) is 13.2 Å². The Labute approximate surface area is 105 Å². The second-order valence-electron chi connectivity index (χ2n) is 3.93. The number of benzene rings is 1. The fraction of sp³-hybridized carbons (Fsp3) is 0.417. The highest BCUT2D eigenvalue weighted by Gasteiger charge is 2.10. The number of anilines is 1. The SMILES string of the molecule is COCCNc1nc2cc(F)ccc2n1CCN. The lowest BCUT2D eigenvalue weighted by Gasteiger charge is -2.09. The van der Waals surface area contributed by atoms with E-state index < -0.39 is 0 Å². The van der Waals surface area contributed by atoms with Crippen molar-refractivity contribution in [1.29, 1.82) is 0 Å². The third-order valence-corrected chi connectivity index (χ3v) is 2.65. The zero-order valence-electron chi connectivity index (χ0n) is 10.3. The zero-order chi connectivity index (χ0) is 13.0. The number of rotatable bonds is 6. The van der Waals surface area contributed by atoms with Gasteiger partial charge < -0.3 is 20.4 Å². The van der Waals surface area contributed by atoms with Gasteiger partial charge in [0, 0.05) is 32.8 Å². The number of fused-ring (bicyclic) bond motifs is 1. The van der Waals surface area contributed by atoms with Crippen LogP contribution in [0.25, 0.3) is 11.0 Å². The maximum Gasteiger partial charge on any atom is 0.204 e. The molecule has 6 heteroatoms. The van der Waals surface area contributed by atoms with Crippen molar-refractivity contribution >= 4 is 17.0 Å². The summed E-state index contributed by atoms with van der Waals surface area (Å²) in [4.78, 5) is 4.36. The number of nitrogens with two attached hydrogens (primary N) is 1. The first-order valence-corrected chi connectivity index (χ1v) is 5.85. The van der Waals surface area contributed by atoms with Crippen LogP contribution in [0.4, 0.5) is 10.3 Å². The highest BCUT2D eigenvalue weighted by atomic mass is 19.1. The Balaban J connectivity index is 2.34. The van der Waals surface area contributed by atoms with Gasteiger partial charge in [0.2, 0.25) is 5.95 Å². The van der Waals surface area contributed by atoms with E-state index in [-0.39, 0.29) is 5.82 Å². The van der Waals surface area contributed by atoms with Gasteiger partial charge in [-0.3, -0.25) is 0 Å². The fourth-order valence-corrected chi connectivity index (χ4v) is 1.86. The standard InChI is InChI=1S/C12H17FN4O/c1-18-7-5-15-12-16-10-8-9(13)2-3-11(10)17(12)6-4-14/h2-3,8H,4-7,14H2,1H3,(H,15,16). The van der Waals surface area contributed by atoms with E-state index in [9.17, 15) is 4.39 Å². The Hall–Kier alpha value is -1.66. The number of hydrogen-bond donors (Lipinski definition) is 2. The first-order valence-electron chi connectivity index (χ1n) is 5.85. The second kappa shape index (κ2) is 5.79.